The molecule has 0 amide bonds. The lowest BCUT2D eigenvalue weighted by atomic mass is 9.90. The van der Waals surface area contributed by atoms with Gasteiger partial charge >= 0.3 is 7.67 Å². The highest BCUT2D eigenvalue weighted by Crippen LogP contribution is 2.52. The Balaban J connectivity index is 2.42. The lowest BCUT2D eigenvalue weighted by Gasteiger charge is -2.30. The van der Waals surface area contributed by atoms with Crippen molar-refractivity contribution in [2.24, 2.45) is 0 Å². The smallest absolute Gasteiger partial charge is 0.396 e. The molecule has 126 valence electrons. The van der Waals surface area contributed by atoms with E-state index in [9.17, 15) is 9.67 Å². The van der Waals surface area contributed by atoms with E-state index in [-0.39, 0.29) is 5.95 Å². The van der Waals surface area contributed by atoms with Crippen LogP contribution < -0.4 is 4.52 Å². The van der Waals surface area contributed by atoms with Crippen LogP contribution in [0.5, 0.6) is 5.95 Å². The minimum absolute atomic E-state index is 0.0459. The van der Waals surface area contributed by atoms with E-state index < -0.39 is 13.3 Å². The van der Waals surface area contributed by atoms with Crippen molar-refractivity contribution in [3.8, 4) is 5.95 Å². The molecule has 1 unspecified atom stereocenters. The fraction of sp³-hybridized carbons (Fsp3) is 0.375. The Kier molecular flexibility index (Phi) is 5.01. The van der Waals surface area contributed by atoms with Crippen molar-refractivity contribution in [3.63, 3.8) is 0 Å². The van der Waals surface area contributed by atoms with Crippen LogP contribution in [0.3, 0.4) is 0 Å². The van der Waals surface area contributed by atoms with E-state index in [4.69, 9.17) is 8.94 Å². The summed E-state index contributed by atoms with van der Waals surface area (Å²) in [6.07, 6.45) is 1.41. The predicted molar refractivity (Wildman–Crippen MR) is 89.4 cm³/mol. The van der Waals surface area contributed by atoms with E-state index in [1.54, 1.807) is 41.2 Å². The van der Waals surface area contributed by atoms with Crippen LogP contribution in [0.4, 0.5) is 0 Å². The molecular weight excluding hydrogens is 315 g/mol. The average molecular weight is 338 g/mol. The number of hydrogen-bond donors (Lipinski definition) is 1. The highest BCUT2D eigenvalue weighted by molar-refractivity contribution is 7.54. The summed E-state index contributed by atoms with van der Waals surface area (Å²) in [4.78, 5) is 0. The fourth-order valence-corrected chi connectivity index (χ4v) is 3.67. The van der Waals surface area contributed by atoms with Gasteiger partial charge in [0.1, 0.15) is 5.60 Å². The summed E-state index contributed by atoms with van der Waals surface area (Å²) in [6, 6.07) is 10.8. The first-order chi connectivity index (χ1) is 10.7. The van der Waals surface area contributed by atoms with Crippen molar-refractivity contribution in [2.45, 2.75) is 12.5 Å². The normalized spacial score (nSPS) is 15.0. The number of furan rings is 1. The molecule has 0 saturated heterocycles. The molecule has 0 radical (unpaired) electrons. The van der Waals surface area contributed by atoms with Crippen LogP contribution in [-0.4, -0.2) is 42.6 Å². The van der Waals surface area contributed by atoms with Gasteiger partial charge in [0.05, 0.1) is 11.8 Å². The minimum atomic E-state index is -3.28. The third kappa shape index (κ3) is 3.35. The van der Waals surface area contributed by atoms with Gasteiger partial charge in [0.25, 0.3) is 5.95 Å². The summed E-state index contributed by atoms with van der Waals surface area (Å²) in [5, 5.41) is 10.9. The highest BCUT2D eigenvalue weighted by Gasteiger charge is 2.37. The van der Waals surface area contributed by atoms with Gasteiger partial charge < -0.3 is 14.0 Å². The second-order valence-corrected chi connectivity index (χ2v) is 8.60. The largest absolute Gasteiger partial charge is 0.434 e. The van der Waals surface area contributed by atoms with E-state index in [2.05, 4.69) is 0 Å². The Hall–Kier alpha value is -1.59. The molecule has 7 heteroatoms. The van der Waals surface area contributed by atoms with Gasteiger partial charge in [-0.3, -0.25) is 0 Å². The fourth-order valence-electron chi connectivity index (χ4n) is 2.27. The molecule has 6 nitrogen and oxygen atoms in total. The first kappa shape index (κ1) is 17.8. The lowest BCUT2D eigenvalue weighted by molar-refractivity contribution is 0.0981. The van der Waals surface area contributed by atoms with Crippen LogP contribution in [0.1, 0.15) is 18.1 Å². The number of aliphatic hydroxyl groups is 1. The maximum atomic E-state index is 13.0. The molecule has 0 saturated carbocycles. The van der Waals surface area contributed by atoms with Crippen LogP contribution in [0, 0.1) is 0 Å². The van der Waals surface area contributed by atoms with Crippen molar-refractivity contribution in [2.75, 3.05) is 28.2 Å². The first-order valence-corrected chi connectivity index (χ1v) is 8.73. The third-order valence-electron chi connectivity index (χ3n) is 3.70. The molecule has 1 aromatic carbocycles. The summed E-state index contributed by atoms with van der Waals surface area (Å²) >= 11 is 0. The maximum Gasteiger partial charge on any atom is 0.396 e. The number of benzene rings is 1. The van der Waals surface area contributed by atoms with Crippen LogP contribution in [0.2, 0.25) is 0 Å². The molecule has 0 bridgehead atoms. The Morgan fingerprint density at radius 1 is 1.09 bits per heavy atom. The minimum Gasteiger partial charge on any atom is -0.434 e. The molecule has 23 heavy (non-hydrogen) atoms. The van der Waals surface area contributed by atoms with Gasteiger partial charge in [0.15, 0.2) is 0 Å². The van der Waals surface area contributed by atoms with Crippen LogP contribution in [0.15, 0.2) is 47.1 Å². The molecule has 1 aromatic heterocycles. The van der Waals surface area contributed by atoms with Crippen molar-refractivity contribution < 1.29 is 18.6 Å². The third-order valence-corrected chi connectivity index (χ3v) is 6.13. The van der Waals surface area contributed by atoms with Crippen molar-refractivity contribution >= 4 is 7.67 Å². The monoisotopic (exact) mass is 338 g/mol. The van der Waals surface area contributed by atoms with Crippen LogP contribution in [-0.2, 0) is 10.2 Å². The zero-order valence-corrected chi connectivity index (χ0v) is 14.9. The van der Waals surface area contributed by atoms with Gasteiger partial charge in [-0.05, 0) is 46.7 Å². The van der Waals surface area contributed by atoms with Gasteiger partial charge in [-0.1, -0.05) is 30.3 Å². The number of nitrogens with zero attached hydrogens (tertiary/aromatic N) is 2. The molecule has 0 fully saturated rings. The summed E-state index contributed by atoms with van der Waals surface area (Å²) in [5.41, 5.74) is -0.212. The average Bonchev–Trinajstić information content (AvgIpc) is 2.96. The standard InChI is InChI=1S/C16H23N2O4P/c1-16(19,13-9-7-6-8-10-13)14-11-12-21-15(14)22-23(20,17(2)3)18(4)5/h6-12,19H,1-5H3. The molecule has 0 aliphatic heterocycles. The molecule has 2 aromatic rings. The van der Waals surface area contributed by atoms with Gasteiger partial charge in [-0.2, -0.15) is 0 Å². The van der Waals surface area contributed by atoms with Gasteiger partial charge in [-0.15, -0.1) is 0 Å². The Bertz CT molecular complexity index is 683. The van der Waals surface area contributed by atoms with E-state index in [0.717, 1.165) is 0 Å². The second kappa shape index (κ2) is 6.49. The highest BCUT2D eigenvalue weighted by atomic mass is 31.2. The van der Waals surface area contributed by atoms with E-state index in [0.29, 0.717) is 11.1 Å². The number of hydrogen-bond acceptors (Lipinski definition) is 4. The summed E-state index contributed by atoms with van der Waals surface area (Å²) < 4.78 is 27.0. The van der Waals surface area contributed by atoms with E-state index >= 15 is 0 Å². The van der Waals surface area contributed by atoms with Crippen LogP contribution in [0.25, 0.3) is 0 Å². The quantitative estimate of drug-likeness (QED) is 0.816. The van der Waals surface area contributed by atoms with Gasteiger partial charge in [-0.25, -0.2) is 13.9 Å². The molecule has 1 heterocycles. The van der Waals surface area contributed by atoms with E-state index in [1.165, 1.54) is 15.6 Å². The molecule has 0 aliphatic carbocycles. The van der Waals surface area contributed by atoms with Crippen LogP contribution >= 0.6 is 7.67 Å². The zero-order chi connectivity index (χ0) is 17.3. The Labute approximate surface area is 136 Å². The summed E-state index contributed by atoms with van der Waals surface area (Å²) in [5.74, 6) is 0.0459. The zero-order valence-electron chi connectivity index (χ0n) is 14.1. The SMILES string of the molecule is CN(C)P(=O)(Oc1occc1C(C)(O)c1ccccc1)N(C)C. The van der Waals surface area contributed by atoms with Crippen molar-refractivity contribution in [1.29, 1.82) is 0 Å². The molecule has 1 N–H and O–H groups in total. The lowest BCUT2D eigenvalue weighted by Crippen LogP contribution is -2.26. The molecule has 0 aliphatic rings. The summed E-state index contributed by atoms with van der Waals surface area (Å²) in [7, 11) is 3.38. The van der Waals surface area contributed by atoms with Gasteiger partial charge in [0.2, 0.25) is 0 Å². The summed E-state index contributed by atoms with van der Waals surface area (Å²) in [6.45, 7) is 1.65. The maximum absolute atomic E-state index is 13.0. The van der Waals surface area contributed by atoms with E-state index in [1.807, 2.05) is 30.3 Å². The van der Waals surface area contributed by atoms with Crippen molar-refractivity contribution in [1.82, 2.24) is 9.34 Å². The second-order valence-electron chi connectivity index (χ2n) is 5.84. The van der Waals surface area contributed by atoms with Crippen molar-refractivity contribution in [3.05, 3.63) is 53.8 Å². The predicted octanol–water partition coefficient (Wildman–Crippen LogP) is 3.15. The topological polar surface area (TPSA) is 66.2 Å². The molecule has 1 atom stereocenters. The first-order valence-electron chi connectivity index (χ1n) is 7.20. The Morgan fingerprint density at radius 2 is 1.65 bits per heavy atom. The Morgan fingerprint density at radius 3 is 2.17 bits per heavy atom. The van der Waals surface area contributed by atoms with Gasteiger partial charge in [0, 0.05) is 0 Å². The molecule has 2 rings (SSSR count). The number of rotatable bonds is 6. The molecular formula is C16H23N2O4P. The molecule has 0 spiro atoms.